The van der Waals surface area contributed by atoms with Crippen LogP contribution in [0.25, 0.3) is 0 Å². The summed E-state index contributed by atoms with van der Waals surface area (Å²) in [5.74, 6) is 6.08. The summed E-state index contributed by atoms with van der Waals surface area (Å²) in [7, 11) is 0. The molecule has 0 saturated carbocycles. The Morgan fingerprint density at radius 3 is 2.86 bits per heavy atom. The molecule has 2 aromatic rings. The van der Waals surface area contributed by atoms with E-state index in [1.807, 2.05) is 6.26 Å². The standard InChI is InChI=1S/C14H13FN2OS3/c1-19-13-16-17-14(21-13)20-9-11-5-6-12(15)8-10(11)4-2-3-7-18/h5-6,8,18H,3,7,9H2,1H3. The van der Waals surface area contributed by atoms with Crippen molar-refractivity contribution >= 4 is 34.9 Å². The number of nitrogens with zero attached hydrogens (tertiary/aromatic N) is 2. The van der Waals surface area contributed by atoms with E-state index in [-0.39, 0.29) is 12.4 Å². The number of hydrogen-bond acceptors (Lipinski definition) is 6. The van der Waals surface area contributed by atoms with Gasteiger partial charge in [-0.05, 0) is 24.0 Å². The van der Waals surface area contributed by atoms with Gasteiger partial charge in [0.1, 0.15) is 5.82 Å². The smallest absolute Gasteiger partial charge is 0.175 e. The lowest BCUT2D eigenvalue weighted by molar-refractivity contribution is 0.305. The van der Waals surface area contributed by atoms with Crippen molar-refractivity contribution < 1.29 is 9.50 Å². The summed E-state index contributed by atoms with van der Waals surface area (Å²) in [6.45, 7) is 0.00858. The summed E-state index contributed by atoms with van der Waals surface area (Å²) < 4.78 is 15.1. The van der Waals surface area contributed by atoms with Gasteiger partial charge in [-0.15, -0.1) is 10.2 Å². The van der Waals surface area contributed by atoms with E-state index in [4.69, 9.17) is 5.11 Å². The first kappa shape index (κ1) is 16.3. The predicted molar refractivity (Wildman–Crippen MR) is 86.2 cm³/mol. The molecule has 1 N–H and O–H groups in total. The highest BCUT2D eigenvalue weighted by Crippen LogP contribution is 2.30. The molecule has 3 nitrogen and oxygen atoms in total. The number of halogens is 1. The van der Waals surface area contributed by atoms with Crippen LogP contribution in [-0.2, 0) is 5.75 Å². The summed E-state index contributed by atoms with van der Waals surface area (Å²) in [6.07, 6.45) is 2.35. The molecule has 0 amide bonds. The maximum Gasteiger partial charge on any atom is 0.175 e. The molecule has 1 aromatic carbocycles. The molecule has 110 valence electrons. The number of hydrogen-bond donors (Lipinski definition) is 1. The van der Waals surface area contributed by atoms with E-state index in [0.29, 0.717) is 17.7 Å². The first-order valence-corrected chi connectivity index (χ1v) is 9.14. The molecule has 7 heteroatoms. The van der Waals surface area contributed by atoms with Gasteiger partial charge in [0.05, 0.1) is 6.61 Å². The van der Waals surface area contributed by atoms with Gasteiger partial charge < -0.3 is 5.11 Å². The molecule has 0 saturated heterocycles. The van der Waals surface area contributed by atoms with Crippen LogP contribution >= 0.6 is 34.9 Å². The van der Waals surface area contributed by atoms with Crippen LogP contribution in [0.5, 0.6) is 0 Å². The molecule has 0 radical (unpaired) electrons. The van der Waals surface area contributed by atoms with Crippen molar-refractivity contribution in [1.82, 2.24) is 10.2 Å². The molecule has 0 aliphatic rings. The third-order valence-electron chi connectivity index (χ3n) is 2.45. The minimum Gasteiger partial charge on any atom is -0.395 e. The van der Waals surface area contributed by atoms with E-state index in [9.17, 15) is 4.39 Å². The average molecular weight is 340 g/mol. The van der Waals surface area contributed by atoms with E-state index >= 15 is 0 Å². The molecule has 0 aliphatic carbocycles. The number of aromatic nitrogens is 2. The summed E-state index contributed by atoms with van der Waals surface area (Å²) in [6, 6.07) is 4.59. The lowest BCUT2D eigenvalue weighted by atomic mass is 10.1. The lowest BCUT2D eigenvalue weighted by Crippen LogP contribution is -1.90. The van der Waals surface area contributed by atoms with Crippen LogP contribution < -0.4 is 0 Å². The van der Waals surface area contributed by atoms with Gasteiger partial charge >= 0.3 is 0 Å². The summed E-state index contributed by atoms with van der Waals surface area (Å²) in [4.78, 5) is 0. The van der Waals surface area contributed by atoms with Gasteiger partial charge in [-0.1, -0.05) is 52.8 Å². The van der Waals surface area contributed by atoms with E-state index in [1.165, 1.54) is 12.1 Å². The fourth-order valence-electron chi connectivity index (χ4n) is 1.48. The minimum absolute atomic E-state index is 0.00858. The van der Waals surface area contributed by atoms with Gasteiger partial charge in [-0.2, -0.15) is 0 Å². The highest BCUT2D eigenvalue weighted by molar-refractivity contribution is 8.02. The fraction of sp³-hybridized carbons (Fsp3) is 0.286. The predicted octanol–water partition coefficient (Wildman–Crippen LogP) is 3.43. The van der Waals surface area contributed by atoms with Gasteiger partial charge in [0.15, 0.2) is 8.68 Å². The van der Waals surface area contributed by atoms with Gasteiger partial charge in [0, 0.05) is 17.7 Å². The summed E-state index contributed by atoms with van der Waals surface area (Å²) >= 11 is 4.67. The van der Waals surface area contributed by atoms with Crippen LogP contribution in [0.2, 0.25) is 0 Å². The Morgan fingerprint density at radius 2 is 2.14 bits per heavy atom. The maximum absolute atomic E-state index is 13.3. The van der Waals surface area contributed by atoms with E-state index in [1.54, 1.807) is 40.9 Å². The van der Waals surface area contributed by atoms with Crippen molar-refractivity contribution in [1.29, 1.82) is 0 Å². The Morgan fingerprint density at radius 1 is 1.33 bits per heavy atom. The zero-order valence-electron chi connectivity index (χ0n) is 11.3. The quantitative estimate of drug-likeness (QED) is 0.667. The average Bonchev–Trinajstić information content (AvgIpc) is 2.95. The molecule has 0 aliphatic heterocycles. The van der Waals surface area contributed by atoms with E-state index in [2.05, 4.69) is 22.0 Å². The number of rotatable bonds is 5. The second-order valence-electron chi connectivity index (χ2n) is 3.90. The summed E-state index contributed by atoms with van der Waals surface area (Å²) in [5, 5.41) is 16.9. The Hall–Kier alpha value is -1.07. The van der Waals surface area contributed by atoms with Crippen molar-refractivity contribution in [2.24, 2.45) is 0 Å². The van der Waals surface area contributed by atoms with Crippen LogP contribution in [0, 0.1) is 17.7 Å². The SMILES string of the molecule is CSc1nnc(SCc2ccc(F)cc2C#CCCO)s1. The second kappa shape index (κ2) is 8.39. The maximum atomic E-state index is 13.3. The normalized spacial score (nSPS) is 10.2. The van der Waals surface area contributed by atoms with Gasteiger partial charge in [0.25, 0.3) is 0 Å². The Balaban J connectivity index is 2.10. The van der Waals surface area contributed by atoms with Crippen molar-refractivity contribution in [3.05, 3.63) is 35.1 Å². The van der Waals surface area contributed by atoms with E-state index < -0.39 is 0 Å². The van der Waals surface area contributed by atoms with Gasteiger partial charge in [-0.25, -0.2) is 4.39 Å². The largest absolute Gasteiger partial charge is 0.395 e. The Bertz CT molecular complexity index is 664. The number of aliphatic hydroxyl groups is 1. The third-order valence-corrected chi connectivity index (χ3v) is 5.53. The zero-order valence-corrected chi connectivity index (χ0v) is 13.7. The van der Waals surface area contributed by atoms with Crippen molar-refractivity contribution in [2.45, 2.75) is 20.9 Å². The molecular weight excluding hydrogens is 327 g/mol. The highest BCUT2D eigenvalue weighted by Gasteiger charge is 2.07. The third kappa shape index (κ3) is 5.00. The Labute approximate surface area is 135 Å². The molecule has 2 rings (SSSR count). The van der Waals surface area contributed by atoms with Gasteiger partial charge in [-0.3, -0.25) is 0 Å². The van der Waals surface area contributed by atoms with E-state index in [0.717, 1.165) is 14.2 Å². The lowest BCUT2D eigenvalue weighted by Gasteiger charge is -2.03. The van der Waals surface area contributed by atoms with Crippen molar-refractivity contribution in [2.75, 3.05) is 12.9 Å². The van der Waals surface area contributed by atoms with Crippen LogP contribution in [-0.4, -0.2) is 28.2 Å². The van der Waals surface area contributed by atoms with Crippen molar-refractivity contribution in [3.63, 3.8) is 0 Å². The molecule has 0 fully saturated rings. The number of aliphatic hydroxyl groups excluding tert-OH is 1. The topological polar surface area (TPSA) is 46.0 Å². The molecule has 1 aromatic heterocycles. The van der Waals surface area contributed by atoms with Crippen LogP contribution in [0.4, 0.5) is 4.39 Å². The highest BCUT2D eigenvalue weighted by atomic mass is 32.2. The molecule has 1 heterocycles. The Kier molecular flexibility index (Phi) is 6.51. The zero-order chi connectivity index (χ0) is 15.1. The number of benzene rings is 1. The van der Waals surface area contributed by atoms with Crippen LogP contribution in [0.3, 0.4) is 0 Å². The minimum atomic E-state index is -0.308. The van der Waals surface area contributed by atoms with Crippen LogP contribution in [0.15, 0.2) is 26.9 Å². The molecule has 21 heavy (non-hydrogen) atoms. The second-order valence-corrected chi connectivity index (χ2v) is 7.16. The van der Waals surface area contributed by atoms with Crippen LogP contribution in [0.1, 0.15) is 17.5 Å². The molecule has 0 spiro atoms. The molecule has 0 unspecified atom stereocenters. The molecule has 0 atom stereocenters. The number of thioether (sulfide) groups is 2. The monoisotopic (exact) mass is 340 g/mol. The van der Waals surface area contributed by atoms with Gasteiger partial charge in [0.2, 0.25) is 0 Å². The fourth-order valence-corrected chi connectivity index (χ4v) is 3.92. The summed E-state index contributed by atoms with van der Waals surface area (Å²) in [5.41, 5.74) is 1.61. The van der Waals surface area contributed by atoms with Crippen molar-refractivity contribution in [3.8, 4) is 11.8 Å². The first-order chi connectivity index (χ1) is 10.2. The first-order valence-electron chi connectivity index (χ1n) is 6.11. The molecule has 0 bridgehead atoms. The molecular formula is C14H13FN2OS3.